The van der Waals surface area contributed by atoms with Gasteiger partial charge in [-0.15, -0.1) is 0 Å². The lowest BCUT2D eigenvalue weighted by atomic mass is 10.1. The van der Waals surface area contributed by atoms with Crippen LogP contribution >= 0.6 is 11.6 Å². The molecule has 1 amide bonds. The Morgan fingerprint density at radius 1 is 1.06 bits per heavy atom. The van der Waals surface area contributed by atoms with Gasteiger partial charge in [0.1, 0.15) is 0 Å². The SMILES string of the molecule is O=C1c2ccccc2CN1c1cccc(Cl)c1. The average Bonchev–Trinajstić information content (AvgIpc) is 2.68. The summed E-state index contributed by atoms with van der Waals surface area (Å²) in [6.07, 6.45) is 0. The van der Waals surface area contributed by atoms with E-state index >= 15 is 0 Å². The number of carbonyl (C=O) groups is 1. The van der Waals surface area contributed by atoms with Crippen molar-refractivity contribution in [3.8, 4) is 0 Å². The van der Waals surface area contributed by atoms with Gasteiger partial charge in [-0.1, -0.05) is 35.9 Å². The van der Waals surface area contributed by atoms with Crippen molar-refractivity contribution in [2.24, 2.45) is 0 Å². The molecule has 0 N–H and O–H groups in total. The van der Waals surface area contributed by atoms with E-state index in [4.69, 9.17) is 11.6 Å². The van der Waals surface area contributed by atoms with E-state index in [1.807, 2.05) is 42.5 Å². The maximum absolute atomic E-state index is 12.2. The molecule has 17 heavy (non-hydrogen) atoms. The Bertz CT molecular complexity index is 594. The van der Waals surface area contributed by atoms with Gasteiger partial charge in [-0.25, -0.2) is 0 Å². The number of halogens is 1. The second kappa shape index (κ2) is 3.90. The molecular formula is C14H10ClNO. The molecule has 1 heterocycles. The van der Waals surface area contributed by atoms with Crippen LogP contribution in [0.15, 0.2) is 48.5 Å². The molecule has 1 aliphatic rings. The molecule has 0 aromatic heterocycles. The Morgan fingerprint density at radius 2 is 1.88 bits per heavy atom. The standard InChI is InChI=1S/C14H10ClNO/c15-11-5-3-6-12(8-11)16-9-10-4-1-2-7-13(10)14(16)17/h1-8H,9H2. The van der Waals surface area contributed by atoms with Gasteiger partial charge in [-0.2, -0.15) is 0 Å². The highest BCUT2D eigenvalue weighted by Gasteiger charge is 2.27. The third kappa shape index (κ3) is 1.71. The maximum atomic E-state index is 12.2. The Hall–Kier alpha value is -1.80. The van der Waals surface area contributed by atoms with Crippen LogP contribution < -0.4 is 4.90 Å². The lowest BCUT2D eigenvalue weighted by molar-refractivity contribution is 0.0996. The molecule has 1 aliphatic heterocycles. The minimum atomic E-state index is 0.0443. The van der Waals surface area contributed by atoms with Crippen molar-refractivity contribution in [1.82, 2.24) is 0 Å². The van der Waals surface area contributed by atoms with Crippen LogP contribution in [-0.4, -0.2) is 5.91 Å². The highest BCUT2D eigenvalue weighted by atomic mass is 35.5. The fourth-order valence-electron chi connectivity index (χ4n) is 2.11. The number of benzene rings is 2. The Kier molecular flexibility index (Phi) is 2.37. The lowest BCUT2D eigenvalue weighted by Gasteiger charge is -2.15. The number of hydrogen-bond donors (Lipinski definition) is 0. The first-order valence-electron chi connectivity index (χ1n) is 5.41. The largest absolute Gasteiger partial charge is 0.304 e. The maximum Gasteiger partial charge on any atom is 0.258 e. The van der Waals surface area contributed by atoms with Gasteiger partial charge in [0.25, 0.3) is 5.91 Å². The summed E-state index contributed by atoms with van der Waals surface area (Å²) in [6.45, 7) is 0.620. The summed E-state index contributed by atoms with van der Waals surface area (Å²) in [5.41, 5.74) is 2.70. The molecule has 3 heteroatoms. The summed E-state index contributed by atoms with van der Waals surface area (Å²) in [5, 5.41) is 0.645. The molecule has 2 nitrogen and oxygen atoms in total. The molecular weight excluding hydrogens is 234 g/mol. The smallest absolute Gasteiger partial charge is 0.258 e. The first-order chi connectivity index (χ1) is 8.25. The van der Waals surface area contributed by atoms with Crippen LogP contribution in [0.4, 0.5) is 5.69 Å². The summed E-state index contributed by atoms with van der Waals surface area (Å²) < 4.78 is 0. The minimum absolute atomic E-state index is 0.0443. The van der Waals surface area contributed by atoms with Gasteiger partial charge < -0.3 is 4.90 Å². The zero-order valence-electron chi connectivity index (χ0n) is 9.06. The number of fused-ring (bicyclic) bond motifs is 1. The van der Waals surface area contributed by atoms with Gasteiger partial charge in [-0.3, -0.25) is 4.79 Å². The van der Waals surface area contributed by atoms with Crippen molar-refractivity contribution >= 4 is 23.2 Å². The van der Waals surface area contributed by atoms with Gasteiger partial charge in [0.15, 0.2) is 0 Å². The average molecular weight is 244 g/mol. The fraction of sp³-hybridized carbons (Fsp3) is 0.0714. The molecule has 0 atom stereocenters. The molecule has 0 radical (unpaired) electrons. The van der Waals surface area contributed by atoms with Crippen molar-refractivity contribution in [2.75, 3.05) is 4.90 Å². The van der Waals surface area contributed by atoms with Gasteiger partial charge in [0.2, 0.25) is 0 Å². The first-order valence-corrected chi connectivity index (χ1v) is 5.79. The van der Waals surface area contributed by atoms with Gasteiger partial charge >= 0.3 is 0 Å². The third-order valence-corrected chi connectivity index (χ3v) is 3.18. The first kappa shape index (κ1) is 10.4. The number of anilines is 1. The highest BCUT2D eigenvalue weighted by molar-refractivity contribution is 6.31. The summed E-state index contributed by atoms with van der Waals surface area (Å²) in [5.74, 6) is 0.0443. The fourth-order valence-corrected chi connectivity index (χ4v) is 2.29. The molecule has 0 saturated carbocycles. The molecule has 0 spiro atoms. The van der Waals surface area contributed by atoms with Crippen molar-refractivity contribution in [3.63, 3.8) is 0 Å². The van der Waals surface area contributed by atoms with Crippen LogP contribution in [0.3, 0.4) is 0 Å². The lowest BCUT2D eigenvalue weighted by Crippen LogP contribution is -2.22. The van der Waals surface area contributed by atoms with Crippen molar-refractivity contribution in [2.45, 2.75) is 6.54 Å². The summed E-state index contributed by atoms with van der Waals surface area (Å²) in [7, 11) is 0. The molecule has 0 saturated heterocycles. The van der Waals surface area contributed by atoms with Crippen LogP contribution in [0.2, 0.25) is 5.02 Å². The quantitative estimate of drug-likeness (QED) is 0.751. The molecule has 0 fully saturated rings. The van der Waals surface area contributed by atoms with E-state index in [1.165, 1.54) is 0 Å². The Balaban J connectivity index is 2.02. The molecule has 0 unspecified atom stereocenters. The number of nitrogens with zero attached hydrogens (tertiary/aromatic N) is 1. The monoisotopic (exact) mass is 243 g/mol. The van der Waals surface area contributed by atoms with Gasteiger partial charge in [0.05, 0.1) is 6.54 Å². The van der Waals surface area contributed by atoms with Gasteiger partial charge in [-0.05, 0) is 29.8 Å². The summed E-state index contributed by atoms with van der Waals surface area (Å²) >= 11 is 5.94. The Labute approximate surface area is 104 Å². The van der Waals surface area contributed by atoms with Crippen LogP contribution in [-0.2, 0) is 6.54 Å². The predicted octanol–water partition coefficient (Wildman–Crippen LogP) is 3.50. The summed E-state index contributed by atoms with van der Waals surface area (Å²) in [4.78, 5) is 13.9. The number of hydrogen-bond acceptors (Lipinski definition) is 1. The molecule has 2 aromatic rings. The topological polar surface area (TPSA) is 20.3 Å². The third-order valence-electron chi connectivity index (χ3n) is 2.94. The normalized spacial score (nSPS) is 13.9. The van der Waals surface area contributed by atoms with Gasteiger partial charge in [0, 0.05) is 16.3 Å². The predicted molar refractivity (Wildman–Crippen MR) is 68.4 cm³/mol. The van der Waals surface area contributed by atoms with E-state index in [9.17, 15) is 4.79 Å². The molecule has 2 aromatic carbocycles. The van der Waals surface area contributed by atoms with Crippen LogP contribution in [0.1, 0.15) is 15.9 Å². The van der Waals surface area contributed by atoms with E-state index in [2.05, 4.69) is 0 Å². The zero-order valence-corrected chi connectivity index (χ0v) is 9.82. The molecule has 0 bridgehead atoms. The molecule has 3 rings (SSSR count). The van der Waals surface area contributed by atoms with Crippen LogP contribution in [0, 0.1) is 0 Å². The van der Waals surface area contributed by atoms with E-state index in [0.29, 0.717) is 11.6 Å². The van der Waals surface area contributed by atoms with Crippen molar-refractivity contribution < 1.29 is 4.79 Å². The van der Waals surface area contributed by atoms with Crippen molar-refractivity contribution in [1.29, 1.82) is 0 Å². The highest BCUT2D eigenvalue weighted by Crippen LogP contribution is 2.29. The number of carbonyl (C=O) groups excluding carboxylic acids is 1. The minimum Gasteiger partial charge on any atom is -0.304 e. The number of amides is 1. The van der Waals surface area contributed by atoms with Crippen LogP contribution in [0.5, 0.6) is 0 Å². The second-order valence-corrected chi connectivity index (χ2v) is 4.46. The van der Waals surface area contributed by atoms with E-state index in [-0.39, 0.29) is 5.91 Å². The van der Waals surface area contributed by atoms with E-state index in [1.54, 1.807) is 11.0 Å². The summed E-state index contributed by atoms with van der Waals surface area (Å²) in [6, 6.07) is 15.1. The molecule has 84 valence electrons. The number of rotatable bonds is 1. The molecule has 0 aliphatic carbocycles. The van der Waals surface area contributed by atoms with E-state index in [0.717, 1.165) is 16.8 Å². The Morgan fingerprint density at radius 3 is 2.65 bits per heavy atom. The van der Waals surface area contributed by atoms with Crippen LogP contribution in [0.25, 0.3) is 0 Å². The second-order valence-electron chi connectivity index (χ2n) is 4.03. The zero-order chi connectivity index (χ0) is 11.8. The van der Waals surface area contributed by atoms with Crippen molar-refractivity contribution in [3.05, 3.63) is 64.7 Å². The van der Waals surface area contributed by atoms with E-state index < -0.39 is 0 Å².